The zero-order valence-corrected chi connectivity index (χ0v) is 10.4. The number of esters is 1. The molecule has 1 fully saturated rings. The summed E-state index contributed by atoms with van der Waals surface area (Å²) in [5, 5.41) is 0. The fourth-order valence-electron chi connectivity index (χ4n) is 2.23. The van der Waals surface area contributed by atoms with Crippen molar-refractivity contribution in [2.75, 3.05) is 0 Å². The zero-order chi connectivity index (χ0) is 11.6. The molecule has 0 aromatic rings. The van der Waals surface area contributed by atoms with Crippen molar-refractivity contribution >= 4 is 5.97 Å². The number of rotatable bonds is 6. The van der Waals surface area contributed by atoms with Crippen LogP contribution in [0, 0.1) is 6.92 Å². The van der Waals surface area contributed by atoms with E-state index in [1.54, 1.807) is 0 Å². The molecule has 16 heavy (non-hydrogen) atoms. The fourth-order valence-corrected chi connectivity index (χ4v) is 2.23. The Balaban J connectivity index is 2.07. The molecule has 0 saturated heterocycles. The first-order valence-corrected chi connectivity index (χ1v) is 6.81. The molecule has 1 radical (unpaired) electrons. The molecule has 2 nitrogen and oxygen atoms in total. The Kier molecular flexibility index (Phi) is 7.28. The van der Waals surface area contributed by atoms with Gasteiger partial charge in [-0.3, -0.25) is 4.79 Å². The van der Waals surface area contributed by atoms with Gasteiger partial charge in [0.15, 0.2) is 0 Å². The van der Waals surface area contributed by atoms with Crippen LogP contribution in [0.2, 0.25) is 0 Å². The summed E-state index contributed by atoms with van der Waals surface area (Å²) in [6.45, 7) is 3.79. The van der Waals surface area contributed by atoms with Gasteiger partial charge >= 0.3 is 5.97 Å². The second-order valence-electron chi connectivity index (χ2n) is 4.77. The van der Waals surface area contributed by atoms with Gasteiger partial charge in [-0.2, -0.15) is 0 Å². The lowest BCUT2D eigenvalue weighted by atomic mass is 10.1. The van der Waals surface area contributed by atoms with Crippen molar-refractivity contribution in [2.45, 2.75) is 76.7 Å². The van der Waals surface area contributed by atoms with Crippen LogP contribution in [0.4, 0.5) is 0 Å². The number of ether oxygens (including phenoxy) is 1. The maximum Gasteiger partial charge on any atom is 0.306 e. The molecule has 0 atom stereocenters. The Morgan fingerprint density at radius 1 is 1.06 bits per heavy atom. The van der Waals surface area contributed by atoms with Crippen molar-refractivity contribution in [3.63, 3.8) is 0 Å². The van der Waals surface area contributed by atoms with E-state index in [0.29, 0.717) is 6.42 Å². The van der Waals surface area contributed by atoms with Crippen molar-refractivity contribution in [1.29, 1.82) is 0 Å². The van der Waals surface area contributed by atoms with Gasteiger partial charge < -0.3 is 4.74 Å². The quantitative estimate of drug-likeness (QED) is 0.387. The molecule has 0 aliphatic heterocycles. The van der Waals surface area contributed by atoms with Crippen LogP contribution in [-0.2, 0) is 9.53 Å². The van der Waals surface area contributed by atoms with Crippen LogP contribution in [0.5, 0.6) is 0 Å². The third-order valence-electron chi connectivity index (χ3n) is 3.23. The van der Waals surface area contributed by atoms with E-state index in [-0.39, 0.29) is 12.1 Å². The molecule has 0 aromatic heterocycles. The van der Waals surface area contributed by atoms with Gasteiger partial charge in [0.1, 0.15) is 6.10 Å². The maximum atomic E-state index is 11.5. The van der Waals surface area contributed by atoms with Gasteiger partial charge in [-0.25, -0.2) is 0 Å². The summed E-state index contributed by atoms with van der Waals surface area (Å²) in [7, 11) is 0. The van der Waals surface area contributed by atoms with Gasteiger partial charge in [-0.15, -0.1) is 0 Å². The van der Waals surface area contributed by atoms with E-state index in [1.807, 2.05) is 0 Å². The molecule has 1 saturated carbocycles. The molecule has 1 aliphatic rings. The highest BCUT2D eigenvalue weighted by molar-refractivity contribution is 5.69. The third-order valence-corrected chi connectivity index (χ3v) is 3.23. The van der Waals surface area contributed by atoms with E-state index in [9.17, 15) is 4.79 Å². The molecule has 0 aromatic carbocycles. The predicted molar refractivity (Wildman–Crippen MR) is 66.0 cm³/mol. The second kappa shape index (κ2) is 8.60. The number of hydrogen-bond acceptors (Lipinski definition) is 2. The molecular weight excluding hydrogens is 200 g/mol. The Morgan fingerprint density at radius 3 is 2.38 bits per heavy atom. The lowest BCUT2D eigenvalue weighted by Gasteiger charge is -2.15. The fraction of sp³-hybridized carbons (Fsp3) is 0.857. The summed E-state index contributed by atoms with van der Waals surface area (Å²) in [4.78, 5) is 11.5. The molecule has 0 bridgehead atoms. The highest BCUT2D eigenvalue weighted by Gasteiger charge is 2.15. The summed E-state index contributed by atoms with van der Waals surface area (Å²) in [6.07, 6.45) is 12.2. The summed E-state index contributed by atoms with van der Waals surface area (Å²) >= 11 is 0. The SMILES string of the molecule is [CH2]CCCCCC(=O)OC1CCCCCC1. The van der Waals surface area contributed by atoms with Crippen molar-refractivity contribution in [2.24, 2.45) is 0 Å². The van der Waals surface area contributed by atoms with Crippen molar-refractivity contribution < 1.29 is 9.53 Å². The first kappa shape index (κ1) is 13.5. The van der Waals surface area contributed by atoms with E-state index in [2.05, 4.69) is 6.92 Å². The van der Waals surface area contributed by atoms with Gasteiger partial charge in [0.05, 0.1) is 0 Å². The van der Waals surface area contributed by atoms with Gasteiger partial charge in [0.25, 0.3) is 0 Å². The van der Waals surface area contributed by atoms with Crippen molar-refractivity contribution in [3.05, 3.63) is 6.92 Å². The molecule has 0 unspecified atom stereocenters. The number of carbonyl (C=O) groups is 1. The van der Waals surface area contributed by atoms with Crippen LogP contribution in [0.15, 0.2) is 0 Å². The Bertz CT molecular complexity index is 181. The molecule has 0 spiro atoms. The van der Waals surface area contributed by atoms with Gasteiger partial charge in [0.2, 0.25) is 0 Å². The summed E-state index contributed by atoms with van der Waals surface area (Å²) in [6, 6.07) is 0. The smallest absolute Gasteiger partial charge is 0.306 e. The highest BCUT2D eigenvalue weighted by atomic mass is 16.5. The largest absolute Gasteiger partial charge is 0.462 e. The van der Waals surface area contributed by atoms with E-state index in [1.165, 1.54) is 25.7 Å². The number of carbonyl (C=O) groups excluding carboxylic acids is 1. The van der Waals surface area contributed by atoms with Crippen LogP contribution < -0.4 is 0 Å². The predicted octanol–water partition coefficient (Wildman–Crippen LogP) is 4.04. The van der Waals surface area contributed by atoms with E-state index in [4.69, 9.17) is 4.74 Å². The lowest BCUT2D eigenvalue weighted by molar-refractivity contribution is -0.149. The first-order valence-electron chi connectivity index (χ1n) is 6.81. The van der Waals surface area contributed by atoms with Crippen LogP contribution in [-0.4, -0.2) is 12.1 Å². The minimum absolute atomic E-state index is 0.0102. The van der Waals surface area contributed by atoms with Crippen LogP contribution >= 0.6 is 0 Å². The van der Waals surface area contributed by atoms with Gasteiger partial charge in [-0.05, 0) is 32.1 Å². The summed E-state index contributed by atoms with van der Waals surface area (Å²) < 4.78 is 5.50. The first-order chi connectivity index (χ1) is 7.83. The minimum atomic E-state index is 0.0102. The molecule has 93 valence electrons. The highest BCUT2D eigenvalue weighted by Crippen LogP contribution is 2.20. The maximum absolute atomic E-state index is 11.5. The van der Waals surface area contributed by atoms with Crippen molar-refractivity contribution in [1.82, 2.24) is 0 Å². The Labute approximate surface area is 99.8 Å². The monoisotopic (exact) mass is 225 g/mol. The van der Waals surface area contributed by atoms with E-state index >= 15 is 0 Å². The normalized spacial score (nSPS) is 18.1. The van der Waals surface area contributed by atoms with Gasteiger partial charge in [-0.1, -0.05) is 39.0 Å². The second-order valence-corrected chi connectivity index (χ2v) is 4.77. The average molecular weight is 225 g/mol. The molecule has 1 aliphatic carbocycles. The zero-order valence-electron chi connectivity index (χ0n) is 10.4. The molecule has 0 heterocycles. The summed E-state index contributed by atoms with van der Waals surface area (Å²) in [5.74, 6) is 0.0102. The van der Waals surface area contributed by atoms with Crippen molar-refractivity contribution in [3.8, 4) is 0 Å². The standard InChI is InChI=1S/C14H25O2/c1-2-3-4-9-12-14(15)16-13-10-7-5-6-8-11-13/h13H,1-12H2. The topological polar surface area (TPSA) is 26.3 Å². The van der Waals surface area contributed by atoms with E-state index in [0.717, 1.165) is 38.5 Å². The Hall–Kier alpha value is -0.530. The molecular formula is C14H25O2. The van der Waals surface area contributed by atoms with E-state index < -0.39 is 0 Å². The molecule has 1 rings (SSSR count). The molecule has 0 amide bonds. The summed E-state index contributed by atoms with van der Waals surface area (Å²) in [5.41, 5.74) is 0. The third kappa shape index (κ3) is 6.14. The number of unbranched alkanes of at least 4 members (excludes halogenated alkanes) is 3. The minimum Gasteiger partial charge on any atom is -0.462 e. The van der Waals surface area contributed by atoms with Gasteiger partial charge in [0, 0.05) is 6.42 Å². The van der Waals surface area contributed by atoms with Crippen LogP contribution in [0.1, 0.15) is 70.6 Å². The lowest BCUT2D eigenvalue weighted by Crippen LogP contribution is -2.17. The van der Waals surface area contributed by atoms with Crippen LogP contribution in [0.25, 0.3) is 0 Å². The molecule has 2 heteroatoms. The Morgan fingerprint density at radius 2 is 1.75 bits per heavy atom. The molecule has 0 N–H and O–H groups in total. The number of hydrogen-bond donors (Lipinski definition) is 0. The van der Waals surface area contributed by atoms with Crippen LogP contribution in [0.3, 0.4) is 0 Å². The average Bonchev–Trinajstić information content (AvgIpc) is 2.53.